The molecule has 0 saturated carbocycles. The average molecular weight is 540 g/mol. The fourth-order valence-corrected chi connectivity index (χ4v) is 3.82. The molecule has 39 heavy (non-hydrogen) atoms. The van der Waals surface area contributed by atoms with Gasteiger partial charge in [-0.3, -0.25) is 15.1 Å². The van der Waals surface area contributed by atoms with E-state index in [0.717, 1.165) is 18.7 Å². The second-order valence-electron chi connectivity index (χ2n) is 11.5. The van der Waals surface area contributed by atoms with Gasteiger partial charge in [0.1, 0.15) is 29.2 Å². The number of nitrogens with zero attached hydrogens (tertiary/aromatic N) is 2. The average Bonchev–Trinajstić information content (AvgIpc) is 2.87. The minimum atomic E-state index is -0.519. The number of benzene rings is 1. The smallest absolute Gasteiger partial charge is 0.407 e. The monoisotopic (exact) mass is 539 g/mol. The molecule has 0 aromatic heterocycles. The number of aliphatic imine (C=N–C) groups is 2. The van der Waals surface area contributed by atoms with Crippen LogP contribution in [0.2, 0.25) is 0 Å². The number of carbonyl (C=O) groups is 2. The molecule has 0 saturated heterocycles. The molecule has 1 aromatic carbocycles. The summed E-state index contributed by atoms with van der Waals surface area (Å²) in [6.07, 6.45) is 5.75. The van der Waals surface area contributed by atoms with E-state index >= 15 is 0 Å². The van der Waals surface area contributed by atoms with Gasteiger partial charge in [0.15, 0.2) is 12.1 Å². The van der Waals surface area contributed by atoms with Crippen molar-refractivity contribution in [1.82, 2.24) is 26.6 Å². The van der Waals surface area contributed by atoms with Crippen molar-refractivity contribution in [3.63, 3.8) is 0 Å². The van der Waals surface area contributed by atoms with E-state index in [2.05, 4.69) is 56.5 Å². The molecule has 11 nitrogen and oxygen atoms in total. The first kappa shape index (κ1) is 29.9. The summed E-state index contributed by atoms with van der Waals surface area (Å²) in [5, 5.41) is 25.2. The minimum absolute atomic E-state index is 0.144. The van der Waals surface area contributed by atoms with E-state index in [4.69, 9.17) is 4.74 Å². The van der Waals surface area contributed by atoms with Crippen molar-refractivity contribution in [1.29, 1.82) is 0 Å². The van der Waals surface area contributed by atoms with E-state index in [1.165, 1.54) is 0 Å². The summed E-state index contributed by atoms with van der Waals surface area (Å²) in [7, 11) is 0. The standard InChI is InChI=1S/C28H41N7O4/c1-27(2,3)39-26(38)32-18-28(4,5)17-29-13-20-8-11-22(30-15-20)33-24-12-23(34-25(16-36)35-24)31-14-19-6-9-21(37)10-7-19/h6-12,16,20,23,29,31,37H,13-15,17-18H2,1-5H3,(H,30,33)(H,32,38)(H,34,35). The molecule has 2 unspecified atom stereocenters. The highest BCUT2D eigenvalue weighted by molar-refractivity contribution is 6.27. The zero-order valence-electron chi connectivity index (χ0n) is 23.4. The maximum absolute atomic E-state index is 11.9. The number of phenols is 1. The molecule has 0 spiro atoms. The summed E-state index contributed by atoms with van der Waals surface area (Å²) < 4.78 is 5.31. The quantitative estimate of drug-likeness (QED) is 0.234. The lowest BCUT2D eigenvalue weighted by atomic mass is 9.93. The van der Waals surface area contributed by atoms with Crippen LogP contribution >= 0.6 is 0 Å². The predicted molar refractivity (Wildman–Crippen MR) is 152 cm³/mol. The lowest BCUT2D eigenvalue weighted by Gasteiger charge is -2.28. The van der Waals surface area contributed by atoms with Crippen LogP contribution in [0.5, 0.6) is 5.75 Å². The van der Waals surface area contributed by atoms with Gasteiger partial charge in [-0.25, -0.2) is 9.79 Å². The van der Waals surface area contributed by atoms with Gasteiger partial charge in [-0.15, -0.1) is 0 Å². The van der Waals surface area contributed by atoms with E-state index in [1.54, 1.807) is 12.1 Å². The number of rotatable bonds is 11. The second-order valence-corrected chi connectivity index (χ2v) is 11.5. The molecule has 212 valence electrons. The molecule has 11 heteroatoms. The summed E-state index contributed by atoms with van der Waals surface area (Å²) in [6.45, 7) is 12.8. The summed E-state index contributed by atoms with van der Waals surface area (Å²) in [5.74, 6) is 1.98. The van der Waals surface area contributed by atoms with Crippen LogP contribution in [0.15, 0.2) is 58.3 Å². The third-order valence-electron chi connectivity index (χ3n) is 5.83. The molecule has 2 aliphatic rings. The van der Waals surface area contributed by atoms with Gasteiger partial charge in [0.2, 0.25) is 0 Å². The molecule has 3 rings (SSSR count). The van der Waals surface area contributed by atoms with E-state index in [-0.39, 0.29) is 22.9 Å². The summed E-state index contributed by atoms with van der Waals surface area (Å²) in [6, 6.07) is 6.91. The van der Waals surface area contributed by atoms with Crippen LogP contribution in [0.4, 0.5) is 4.79 Å². The number of hydrogen-bond donors (Lipinski definition) is 6. The number of nitrogens with one attached hydrogen (secondary N) is 5. The minimum Gasteiger partial charge on any atom is -0.508 e. The number of phenolic OH excluding ortho intramolecular Hbond substituents is 1. The molecule has 2 atom stereocenters. The Morgan fingerprint density at radius 3 is 2.56 bits per heavy atom. The highest BCUT2D eigenvalue weighted by Gasteiger charge is 2.22. The number of amides is 1. The number of aromatic hydroxyl groups is 1. The summed E-state index contributed by atoms with van der Waals surface area (Å²) >= 11 is 0. The zero-order valence-corrected chi connectivity index (χ0v) is 23.4. The third kappa shape index (κ3) is 10.9. The van der Waals surface area contributed by atoms with Gasteiger partial charge in [-0.05, 0) is 56.0 Å². The van der Waals surface area contributed by atoms with Gasteiger partial charge in [-0.1, -0.05) is 32.1 Å². The van der Waals surface area contributed by atoms with Crippen LogP contribution in [0, 0.1) is 11.3 Å². The molecule has 6 N–H and O–H groups in total. The Kier molecular flexibility index (Phi) is 10.2. The first-order chi connectivity index (χ1) is 18.4. The van der Waals surface area contributed by atoms with Crippen molar-refractivity contribution in [3.8, 4) is 5.75 Å². The number of ether oxygens (including phenoxy) is 1. The van der Waals surface area contributed by atoms with E-state index in [0.29, 0.717) is 37.6 Å². The van der Waals surface area contributed by atoms with E-state index in [1.807, 2.05) is 45.1 Å². The number of dihydropyridines is 1. The van der Waals surface area contributed by atoms with E-state index in [9.17, 15) is 14.7 Å². The maximum Gasteiger partial charge on any atom is 0.407 e. The molecule has 0 radical (unpaired) electrons. The van der Waals surface area contributed by atoms with Crippen LogP contribution in [-0.4, -0.2) is 67.1 Å². The van der Waals surface area contributed by atoms with Gasteiger partial charge in [0.05, 0.1) is 0 Å². The molecule has 0 fully saturated rings. The Morgan fingerprint density at radius 2 is 1.92 bits per heavy atom. The van der Waals surface area contributed by atoms with E-state index < -0.39 is 17.9 Å². The third-order valence-corrected chi connectivity index (χ3v) is 5.83. The second kappa shape index (κ2) is 13.4. The first-order valence-electron chi connectivity index (χ1n) is 13.1. The summed E-state index contributed by atoms with van der Waals surface area (Å²) in [4.78, 5) is 32.3. The van der Waals surface area contributed by atoms with Crippen LogP contribution in [0.1, 0.15) is 40.2 Å². The molecule has 2 aliphatic heterocycles. The van der Waals surface area contributed by atoms with Gasteiger partial charge in [0, 0.05) is 38.6 Å². The Balaban J connectivity index is 1.42. The Labute approximate surface area is 230 Å². The van der Waals surface area contributed by atoms with Crippen molar-refractivity contribution < 1.29 is 19.4 Å². The van der Waals surface area contributed by atoms with Crippen LogP contribution < -0.4 is 26.6 Å². The largest absolute Gasteiger partial charge is 0.508 e. The Hall–Kier alpha value is -3.70. The van der Waals surface area contributed by atoms with Gasteiger partial charge in [-0.2, -0.15) is 0 Å². The van der Waals surface area contributed by atoms with Crippen LogP contribution in [0.3, 0.4) is 0 Å². The van der Waals surface area contributed by atoms with Crippen LogP contribution in [-0.2, 0) is 16.1 Å². The molecular weight excluding hydrogens is 498 g/mol. The molecule has 1 aromatic rings. The molecular formula is C28H41N7O4. The predicted octanol–water partition coefficient (Wildman–Crippen LogP) is 2.16. The number of hydrogen-bond acceptors (Lipinski definition) is 10. The zero-order chi connectivity index (χ0) is 28.5. The number of alkyl carbamates (subject to hydrolysis) is 1. The molecule has 0 aliphatic carbocycles. The fourth-order valence-electron chi connectivity index (χ4n) is 3.82. The highest BCUT2D eigenvalue weighted by atomic mass is 16.6. The highest BCUT2D eigenvalue weighted by Crippen LogP contribution is 2.14. The SMILES string of the molecule is CC(C)(CNCC1C=CC(NC2=CC(NCc3ccc(O)cc3)N=C(C=O)N2)=NC1)CNC(=O)OC(C)(C)C. The lowest BCUT2D eigenvalue weighted by Crippen LogP contribution is -2.43. The maximum atomic E-state index is 11.9. The lowest BCUT2D eigenvalue weighted by molar-refractivity contribution is -0.102. The van der Waals surface area contributed by atoms with Gasteiger partial charge in [0.25, 0.3) is 0 Å². The number of carbonyl (C=O) groups excluding carboxylic acids is 2. The Bertz CT molecular complexity index is 1120. The normalized spacial score (nSPS) is 19.3. The Morgan fingerprint density at radius 1 is 1.18 bits per heavy atom. The van der Waals surface area contributed by atoms with Crippen molar-refractivity contribution in [3.05, 3.63) is 53.9 Å². The van der Waals surface area contributed by atoms with Gasteiger partial charge >= 0.3 is 6.09 Å². The van der Waals surface area contributed by atoms with Crippen molar-refractivity contribution in [2.24, 2.45) is 21.3 Å². The van der Waals surface area contributed by atoms with Crippen LogP contribution in [0.25, 0.3) is 0 Å². The number of amidine groups is 2. The van der Waals surface area contributed by atoms with Crippen molar-refractivity contribution in [2.75, 3.05) is 26.2 Å². The van der Waals surface area contributed by atoms with Crippen molar-refractivity contribution in [2.45, 2.75) is 52.9 Å². The topological polar surface area (TPSA) is 148 Å². The van der Waals surface area contributed by atoms with Gasteiger partial charge < -0.3 is 31.1 Å². The first-order valence-corrected chi connectivity index (χ1v) is 13.1. The molecule has 2 heterocycles. The van der Waals surface area contributed by atoms with Crippen molar-refractivity contribution >= 4 is 24.1 Å². The molecule has 0 bridgehead atoms. The molecule has 1 amide bonds. The fraction of sp³-hybridized carbons (Fsp3) is 0.500. The summed E-state index contributed by atoms with van der Waals surface area (Å²) in [5.41, 5.74) is 0.323. The number of aldehydes is 1.